The summed E-state index contributed by atoms with van der Waals surface area (Å²) < 4.78 is 24.2. The van der Waals surface area contributed by atoms with E-state index in [2.05, 4.69) is 0 Å². The third-order valence-electron chi connectivity index (χ3n) is 4.29. The molecule has 0 aliphatic carbocycles. The highest BCUT2D eigenvalue weighted by molar-refractivity contribution is 6.09. The summed E-state index contributed by atoms with van der Waals surface area (Å²) in [7, 11) is 1.42. The molecule has 0 saturated heterocycles. The summed E-state index contributed by atoms with van der Waals surface area (Å²) >= 11 is 0. The molecule has 8 heteroatoms. The van der Waals surface area contributed by atoms with Crippen molar-refractivity contribution in [3.63, 3.8) is 0 Å². The number of rotatable bonds is 7. The van der Waals surface area contributed by atoms with E-state index in [0.29, 0.717) is 5.75 Å². The van der Waals surface area contributed by atoms with E-state index in [-0.39, 0.29) is 28.1 Å². The predicted octanol–water partition coefficient (Wildman–Crippen LogP) is 4.86. The normalized spacial score (nSPS) is 10.6. The van der Waals surface area contributed by atoms with E-state index < -0.39 is 22.5 Å². The lowest BCUT2D eigenvalue weighted by molar-refractivity contribution is -0.384. The van der Waals surface area contributed by atoms with Crippen molar-refractivity contribution in [2.75, 3.05) is 7.11 Å². The molecule has 0 atom stereocenters. The first-order valence-corrected chi connectivity index (χ1v) is 9.00. The topological polar surface area (TPSA) is 95.7 Å². The van der Waals surface area contributed by atoms with Gasteiger partial charge in [0.15, 0.2) is 5.78 Å². The summed E-state index contributed by atoms with van der Waals surface area (Å²) in [6, 6.07) is 15.1. The molecule has 0 bridgehead atoms. The minimum absolute atomic E-state index is 0.0298. The number of benzene rings is 3. The number of nitrogens with zero attached hydrogens (tertiary/aromatic N) is 1. The summed E-state index contributed by atoms with van der Waals surface area (Å²) in [6.07, 6.45) is 2.48. The molecule has 7 nitrogen and oxygen atoms in total. The zero-order valence-corrected chi connectivity index (χ0v) is 16.3. The third-order valence-corrected chi connectivity index (χ3v) is 4.29. The molecule has 0 aliphatic heterocycles. The number of nitro benzene ring substituents is 1. The summed E-state index contributed by atoms with van der Waals surface area (Å²) in [6.45, 7) is 0. The summed E-state index contributed by atoms with van der Waals surface area (Å²) in [5.41, 5.74) is 0.155. The van der Waals surface area contributed by atoms with Crippen molar-refractivity contribution in [1.29, 1.82) is 0 Å². The van der Waals surface area contributed by atoms with Crippen molar-refractivity contribution in [1.82, 2.24) is 0 Å². The van der Waals surface area contributed by atoms with E-state index in [0.717, 1.165) is 6.08 Å². The molecule has 0 amide bonds. The lowest BCUT2D eigenvalue weighted by Crippen LogP contribution is -2.11. The lowest BCUT2D eigenvalue weighted by Gasteiger charge is -2.10. The molecule has 0 spiro atoms. The lowest BCUT2D eigenvalue weighted by atomic mass is 10.1. The first kappa shape index (κ1) is 21.4. The van der Waals surface area contributed by atoms with Crippen molar-refractivity contribution in [2.45, 2.75) is 0 Å². The fourth-order valence-electron chi connectivity index (χ4n) is 2.66. The molecule has 0 unspecified atom stereocenters. The molecule has 31 heavy (non-hydrogen) atoms. The molecular weight excluding hydrogens is 405 g/mol. The number of methoxy groups -OCH3 is 1. The smallest absolute Gasteiger partial charge is 0.343 e. The van der Waals surface area contributed by atoms with Gasteiger partial charge in [0.2, 0.25) is 0 Å². The highest BCUT2D eigenvalue weighted by Gasteiger charge is 2.17. The second-order valence-corrected chi connectivity index (χ2v) is 6.27. The number of ketones is 1. The van der Waals surface area contributed by atoms with Crippen LogP contribution in [0.25, 0.3) is 6.08 Å². The van der Waals surface area contributed by atoms with E-state index in [1.165, 1.54) is 73.8 Å². The number of carbonyl (C=O) groups excluding carboxylic acids is 2. The van der Waals surface area contributed by atoms with Crippen LogP contribution in [0.2, 0.25) is 0 Å². The SMILES string of the molecule is COc1ccc(OC(=O)c2ccc([N+](=O)[O-])cc2)c(C(=O)C=Cc2ccccc2F)c1. The van der Waals surface area contributed by atoms with Gasteiger partial charge in [0.1, 0.15) is 17.3 Å². The zero-order valence-electron chi connectivity index (χ0n) is 16.3. The first-order valence-electron chi connectivity index (χ1n) is 9.00. The maximum absolute atomic E-state index is 13.8. The largest absolute Gasteiger partial charge is 0.497 e. The quantitative estimate of drug-likeness (QED) is 0.135. The van der Waals surface area contributed by atoms with Crippen LogP contribution in [0.5, 0.6) is 11.5 Å². The Morgan fingerprint density at radius 3 is 2.39 bits per heavy atom. The van der Waals surface area contributed by atoms with Crippen LogP contribution in [0.1, 0.15) is 26.3 Å². The molecule has 0 aromatic heterocycles. The Bertz CT molecular complexity index is 1170. The van der Waals surface area contributed by atoms with Gasteiger partial charge in [0.25, 0.3) is 5.69 Å². The fourth-order valence-corrected chi connectivity index (χ4v) is 2.66. The van der Waals surface area contributed by atoms with Crippen molar-refractivity contribution < 1.29 is 28.4 Å². The Morgan fingerprint density at radius 2 is 1.74 bits per heavy atom. The van der Waals surface area contributed by atoms with Crippen molar-refractivity contribution >= 4 is 23.5 Å². The summed E-state index contributed by atoms with van der Waals surface area (Å²) in [4.78, 5) is 35.3. The molecule has 0 radical (unpaired) electrons. The number of esters is 1. The minimum atomic E-state index is -0.799. The molecule has 3 aromatic rings. The van der Waals surface area contributed by atoms with E-state index in [1.54, 1.807) is 6.07 Å². The molecule has 0 fully saturated rings. The Kier molecular flexibility index (Phi) is 6.51. The molecule has 3 rings (SSSR count). The van der Waals surface area contributed by atoms with Gasteiger partial charge in [-0.3, -0.25) is 14.9 Å². The highest BCUT2D eigenvalue weighted by Crippen LogP contribution is 2.26. The van der Waals surface area contributed by atoms with Gasteiger partial charge < -0.3 is 9.47 Å². The van der Waals surface area contributed by atoms with E-state index in [9.17, 15) is 24.1 Å². The average molecular weight is 421 g/mol. The Morgan fingerprint density at radius 1 is 1.03 bits per heavy atom. The van der Waals surface area contributed by atoms with Gasteiger partial charge in [-0.25, -0.2) is 9.18 Å². The zero-order chi connectivity index (χ0) is 22.4. The number of non-ortho nitro benzene ring substituents is 1. The molecule has 0 N–H and O–H groups in total. The van der Waals surface area contributed by atoms with Crippen LogP contribution in [0.15, 0.2) is 72.8 Å². The maximum atomic E-state index is 13.8. The Labute approximate surface area is 176 Å². The number of carbonyl (C=O) groups is 2. The molecule has 0 saturated carbocycles. The van der Waals surface area contributed by atoms with Crippen molar-refractivity contribution in [3.8, 4) is 11.5 Å². The van der Waals surface area contributed by atoms with Crippen LogP contribution < -0.4 is 9.47 Å². The molecule has 3 aromatic carbocycles. The van der Waals surface area contributed by atoms with Gasteiger partial charge in [0, 0.05) is 17.7 Å². The number of hydrogen-bond donors (Lipinski definition) is 0. The summed E-state index contributed by atoms with van der Waals surface area (Å²) in [5, 5.41) is 10.7. The van der Waals surface area contributed by atoms with Crippen LogP contribution in [-0.2, 0) is 0 Å². The monoisotopic (exact) mass is 421 g/mol. The first-order chi connectivity index (χ1) is 14.9. The van der Waals surface area contributed by atoms with Crippen LogP contribution in [0.4, 0.5) is 10.1 Å². The summed E-state index contributed by atoms with van der Waals surface area (Å²) in [5.74, 6) is -1.49. The van der Waals surface area contributed by atoms with E-state index >= 15 is 0 Å². The fraction of sp³-hybridized carbons (Fsp3) is 0.0435. The second-order valence-electron chi connectivity index (χ2n) is 6.27. The third kappa shape index (κ3) is 5.18. The Hall–Kier alpha value is -4.33. The molecule has 0 heterocycles. The number of ether oxygens (including phenoxy) is 2. The van der Waals surface area contributed by atoms with Crippen LogP contribution in [0, 0.1) is 15.9 Å². The minimum Gasteiger partial charge on any atom is -0.497 e. The van der Waals surface area contributed by atoms with Crippen LogP contribution in [0.3, 0.4) is 0 Å². The number of halogens is 1. The number of allylic oxidation sites excluding steroid dienone is 1. The predicted molar refractivity (Wildman–Crippen MR) is 111 cm³/mol. The van der Waals surface area contributed by atoms with Gasteiger partial charge >= 0.3 is 5.97 Å². The van der Waals surface area contributed by atoms with Crippen LogP contribution in [-0.4, -0.2) is 23.8 Å². The van der Waals surface area contributed by atoms with E-state index in [1.807, 2.05) is 0 Å². The van der Waals surface area contributed by atoms with Gasteiger partial charge in [-0.2, -0.15) is 0 Å². The highest BCUT2D eigenvalue weighted by atomic mass is 19.1. The van der Waals surface area contributed by atoms with Crippen molar-refractivity contribution in [3.05, 3.63) is 105 Å². The average Bonchev–Trinajstić information content (AvgIpc) is 2.78. The number of nitro groups is 1. The van der Waals surface area contributed by atoms with Crippen molar-refractivity contribution in [2.24, 2.45) is 0 Å². The Balaban J connectivity index is 1.87. The molecular formula is C23H16FNO6. The molecule has 156 valence electrons. The van der Waals surface area contributed by atoms with Gasteiger partial charge in [-0.15, -0.1) is 0 Å². The van der Waals surface area contributed by atoms with Gasteiger partial charge in [0.05, 0.1) is 23.2 Å². The molecule has 0 aliphatic rings. The maximum Gasteiger partial charge on any atom is 0.343 e. The van der Waals surface area contributed by atoms with Gasteiger partial charge in [-0.1, -0.05) is 18.2 Å². The second kappa shape index (κ2) is 9.45. The standard InChI is InChI=1S/C23H16FNO6/c1-30-18-11-13-22(31-23(27)16-6-9-17(10-7-16)25(28)29)19(14-18)21(26)12-8-15-4-2-3-5-20(15)24/h2-14H,1H3. The number of hydrogen-bond acceptors (Lipinski definition) is 6. The van der Waals surface area contributed by atoms with E-state index in [4.69, 9.17) is 9.47 Å². The van der Waals surface area contributed by atoms with Crippen LogP contribution >= 0.6 is 0 Å². The van der Waals surface area contributed by atoms with Gasteiger partial charge in [-0.05, 0) is 48.6 Å².